The van der Waals surface area contributed by atoms with Gasteiger partial charge in [0.15, 0.2) is 9.84 Å². The summed E-state index contributed by atoms with van der Waals surface area (Å²) in [4.78, 5) is 20.8. The van der Waals surface area contributed by atoms with Gasteiger partial charge in [-0.3, -0.25) is 9.69 Å². The van der Waals surface area contributed by atoms with Crippen LogP contribution >= 0.6 is 11.3 Å². The number of carbonyl (C=O) groups is 1. The monoisotopic (exact) mass is 552 g/mol. The molecule has 0 aliphatic carbocycles. The van der Waals surface area contributed by atoms with E-state index in [1.54, 1.807) is 12.1 Å². The van der Waals surface area contributed by atoms with Crippen molar-refractivity contribution in [3.8, 4) is 5.75 Å². The number of sulfone groups is 1. The standard InChI is InChI=1S/C26H27F3N2O4S2/c1-15(2)25-24-22(14-31(25)13-17-6-7-19(12-21(17)27)35-26(28)29)36-23(30-24)11-18(32)10-16-4-8-20(9-5-16)37(3,33)34/h4-9,12,15,25-26H,10-11,13-14H2,1-3H3/t25-/m1/s1. The summed E-state index contributed by atoms with van der Waals surface area (Å²) in [6, 6.07) is 9.97. The van der Waals surface area contributed by atoms with Gasteiger partial charge in [0, 0.05) is 42.3 Å². The SMILES string of the molecule is CC(C)[C@@H]1c2nc(CC(=O)Cc3ccc(S(C)(=O)=O)cc3)sc2CN1Cc1ccc(OC(F)F)cc1F. The molecule has 1 aliphatic heterocycles. The molecule has 0 spiro atoms. The number of Topliss-reactive ketones (excluding diaryl/α,β-unsaturated/α-hetero) is 1. The normalized spacial score (nSPS) is 15.9. The fourth-order valence-corrected chi connectivity index (χ4v) is 6.34. The molecule has 198 valence electrons. The largest absolute Gasteiger partial charge is 0.435 e. The summed E-state index contributed by atoms with van der Waals surface area (Å²) in [6.45, 7) is 1.91. The number of carbonyl (C=O) groups excluding carboxylic acids is 1. The molecule has 0 N–H and O–H groups in total. The summed E-state index contributed by atoms with van der Waals surface area (Å²) in [5.41, 5.74) is 2.00. The van der Waals surface area contributed by atoms with Gasteiger partial charge < -0.3 is 4.74 Å². The van der Waals surface area contributed by atoms with Gasteiger partial charge in [0.25, 0.3) is 0 Å². The van der Waals surface area contributed by atoms with Crippen molar-refractivity contribution in [2.75, 3.05) is 6.26 Å². The molecule has 3 aromatic rings. The third kappa shape index (κ3) is 6.58. The highest BCUT2D eigenvalue weighted by molar-refractivity contribution is 7.90. The Labute approximate surface area is 218 Å². The number of fused-ring (bicyclic) bond motifs is 1. The number of nitrogens with zero attached hydrogens (tertiary/aromatic N) is 2. The summed E-state index contributed by atoms with van der Waals surface area (Å²) in [7, 11) is -3.29. The Hall–Kier alpha value is -2.76. The predicted octanol–water partition coefficient (Wildman–Crippen LogP) is 5.35. The number of ether oxygens (including phenoxy) is 1. The van der Waals surface area contributed by atoms with Crippen molar-refractivity contribution in [1.82, 2.24) is 9.88 Å². The van der Waals surface area contributed by atoms with Crippen LogP contribution in [0.25, 0.3) is 0 Å². The first-order chi connectivity index (χ1) is 17.4. The van der Waals surface area contributed by atoms with Crippen LogP contribution in [0.15, 0.2) is 47.4 Å². The summed E-state index contributed by atoms with van der Waals surface area (Å²) in [5, 5.41) is 0.715. The van der Waals surface area contributed by atoms with Crippen LogP contribution < -0.4 is 4.74 Å². The Kier molecular flexibility index (Phi) is 8.05. The van der Waals surface area contributed by atoms with Crippen LogP contribution in [0.3, 0.4) is 0 Å². The third-order valence-corrected chi connectivity index (χ3v) is 8.33. The molecule has 11 heteroatoms. The molecule has 0 fully saturated rings. The van der Waals surface area contributed by atoms with E-state index >= 15 is 0 Å². The van der Waals surface area contributed by atoms with Crippen molar-refractivity contribution >= 4 is 27.0 Å². The first-order valence-electron chi connectivity index (χ1n) is 11.7. The molecule has 1 aromatic heterocycles. The molecule has 0 bridgehead atoms. The van der Waals surface area contributed by atoms with E-state index in [1.807, 2.05) is 13.8 Å². The van der Waals surface area contributed by atoms with E-state index in [0.29, 0.717) is 17.1 Å². The Morgan fingerprint density at radius 3 is 2.46 bits per heavy atom. The molecule has 1 atom stereocenters. The van der Waals surface area contributed by atoms with Crippen LogP contribution in [0, 0.1) is 11.7 Å². The maximum absolute atomic E-state index is 14.6. The van der Waals surface area contributed by atoms with Crippen LogP contribution in [0.5, 0.6) is 5.75 Å². The van der Waals surface area contributed by atoms with Crippen molar-refractivity contribution in [2.45, 2.75) is 57.3 Å². The minimum absolute atomic E-state index is 0.0225. The molecule has 0 saturated heterocycles. The average Bonchev–Trinajstić information content (AvgIpc) is 3.31. The molecule has 0 radical (unpaired) electrons. The van der Waals surface area contributed by atoms with Gasteiger partial charge in [-0.25, -0.2) is 17.8 Å². The van der Waals surface area contributed by atoms with E-state index < -0.39 is 22.3 Å². The number of hydrogen-bond acceptors (Lipinski definition) is 7. The summed E-state index contributed by atoms with van der Waals surface area (Å²) in [5.74, 6) is -0.686. The summed E-state index contributed by atoms with van der Waals surface area (Å²) in [6.07, 6.45) is 1.49. The average molecular weight is 553 g/mol. The number of aromatic nitrogens is 1. The number of thiazole rings is 1. The topological polar surface area (TPSA) is 76.6 Å². The molecule has 1 aliphatic rings. The van der Waals surface area contributed by atoms with Gasteiger partial charge in [0.2, 0.25) is 0 Å². The fourth-order valence-electron chi connectivity index (χ4n) is 4.55. The molecular formula is C26H27F3N2O4S2. The second kappa shape index (κ2) is 10.9. The zero-order valence-corrected chi connectivity index (χ0v) is 22.2. The van der Waals surface area contributed by atoms with Gasteiger partial charge in [0.1, 0.15) is 22.4 Å². The first-order valence-corrected chi connectivity index (χ1v) is 14.4. The van der Waals surface area contributed by atoms with Gasteiger partial charge in [-0.1, -0.05) is 32.0 Å². The van der Waals surface area contributed by atoms with E-state index in [1.165, 1.54) is 35.6 Å². The zero-order valence-electron chi connectivity index (χ0n) is 20.6. The number of benzene rings is 2. The second-order valence-electron chi connectivity index (χ2n) is 9.45. The minimum Gasteiger partial charge on any atom is -0.435 e. The van der Waals surface area contributed by atoms with Crippen molar-refractivity contribution in [1.29, 1.82) is 0 Å². The van der Waals surface area contributed by atoms with Crippen LogP contribution in [0.2, 0.25) is 0 Å². The minimum atomic E-state index is -3.29. The van der Waals surface area contributed by atoms with Gasteiger partial charge in [-0.05, 0) is 29.7 Å². The van der Waals surface area contributed by atoms with E-state index in [2.05, 4.69) is 9.64 Å². The van der Waals surface area contributed by atoms with Crippen molar-refractivity contribution in [2.24, 2.45) is 5.92 Å². The van der Waals surface area contributed by atoms with Crippen molar-refractivity contribution in [3.63, 3.8) is 0 Å². The Morgan fingerprint density at radius 1 is 1.16 bits per heavy atom. The van der Waals surface area contributed by atoms with Crippen LogP contribution in [0.1, 0.15) is 46.6 Å². The van der Waals surface area contributed by atoms with Gasteiger partial charge in [-0.15, -0.1) is 11.3 Å². The molecule has 6 nitrogen and oxygen atoms in total. The molecule has 0 saturated carbocycles. The summed E-state index contributed by atoms with van der Waals surface area (Å²) < 4.78 is 66.9. The number of hydrogen-bond donors (Lipinski definition) is 0. The number of halogens is 3. The Bertz CT molecular complexity index is 1390. The fraction of sp³-hybridized carbons (Fsp3) is 0.385. The molecular weight excluding hydrogens is 525 g/mol. The van der Waals surface area contributed by atoms with Crippen LogP contribution in [0.4, 0.5) is 13.2 Å². The highest BCUT2D eigenvalue weighted by Crippen LogP contribution is 2.42. The molecule has 37 heavy (non-hydrogen) atoms. The number of alkyl halides is 2. The lowest BCUT2D eigenvalue weighted by Crippen LogP contribution is -2.26. The highest BCUT2D eigenvalue weighted by Gasteiger charge is 2.36. The van der Waals surface area contributed by atoms with E-state index in [9.17, 15) is 26.4 Å². The molecule has 0 amide bonds. The molecule has 2 aromatic carbocycles. The smallest absolute Gasteiger partial charge is 0.387 e. The lowest BCUT2D eigenvalue weighted by molar-refractivity contribution is -0.117. The van der Waals surface area contributed by atoms with Gasteiger partial charge >= 0.3 is 6.61 Å². The van der Waals surface area contributed by atoms with Gasteiger partial charge in [-0.2, -0.15) is 8.78 Å². The van der Waals surface area contributed by atoms with Gasteiger partial charge in [0.05, 0.1) is 23.1 Å². The maximum Gasteiger partial charge on any atom is 0.387 e. The second-order valence-corrected chi connectivity index (χ2v) is 12.6. The quantitative estimate of drug-likeness (QED) is 0.337. The number of rotatable bonds is 10. The van der Waals surface area contributed by atoms with Crippen LogP contribution in [-0.4, -0.2) is 37.0 Å². The third-order valence-electron chi connectivity index (χ3n) is 6.15. The molecule has 0 unspecified atom stereocenters. The first kappa shape index (κ1) is 27.3. The van der Waals surface area contributed by atoms with Crippen molar-refractivity contribution < 1.29 is 31.1 Å². The molecule has 2 heterocycles. The van der Waals surface area contributed by atoms with Crippen molar-refractivity contribution in [3.05, 3.63) is 75.0 Å². The molecule has 4 rings (SSSR count). The lowest BCUT2D eigenvalue weighted by atomic mass is 10.0. The Morgan fingerprint density at radius 2 is 1.86 bits per heavy atom. The summed E-state index contributed by atoms with van der Waals surface area (Å²) >= 11 is 1.47. The van der Waals surface area contributed by atoms with E-state index in [0.717, 1.165) is 28.5 Å². The lowest BCUT2D eigenvalue weighted by Gasteiger charge is -2.28. The Balaban J connectivity index is 1.42. The van der Waals surface area contributed by atoms with Crippen LogP contribution in [-0.2, 0) is 40.6 Å². The highest BCUT2D eigenvalue weighted by atomic mass is 32.2. The zero-order chi connectivity index (χ0) is 26.9. The predicted molar refractivity (Wildman–Crippen MR) is 134 cm³/mol. The van der Waals surface area contributed by atoms with E-state index in [4.69, 9.17) is 4.98 Å². The number of ketones is 1. The maximum atomic E-state index is 14.6. The van der Waals surface area contributed by atoms with E-state index in [-0.39, 0.29) is 47.8 Å².